The Balaban J connectivity index is 1.55. The number of benzene rings is 1. The number of carbonyl (C=O) groups excluding carboxylic acids is 1. The second-order valence-electron chi connectivity index (χ2n) is 6.96. The molecule has 0 aliphatic heterocycles. The van der Waals surface area contributed by atoms with Gasteiger partial charge < -0.3 is 27.9 Å². The molecule has 0 amide bonds. The molecule has 0 fully saturated rings. The molecule has 14 heteroatoms. The first-order valence-electron chi connectivity index (χ1n) is 9.96. The molecule has 0 radical (unpaired) electrons. The molecule has 13 nitrogen and oxygen atoms in total. The Bertz CT molecular complexity index is 1220. The largest absolute Gasteiger partial charge is 0.493 e. The van der Waals surface area contributed by atoms with E-state index in [-0.39, 0.29) is 36.4 Å². The van der Waals surface area contributed by atoms with Gasteiger partial charge in [0.15, 0.2) is 23.1 Å². The van der Waals surface area contributed by atoms with Crippen molar-refractivity contribution < 1.29 is 36.6 Å². The molecule has 1 N–H and O–H groups in total. The first-order valence-corrected chi connectivity index (χ1v) is 11.4. The highest BCUT2D eigenvalue weighted by atomic mass is 32.2. The molecule has 0 saturated carbocycles. The third-order valence-electron chi connectivity index (χ3n) is 4.72. The molecule has 0 atom stereocenters. The molecule has 0 aliphatic carbocycles. The summed E-state index contributed by atoms with van der Waals surface area (Å²) in [6.07, 6.45) is 1.19. The molecule has 0 saturated heterocycles. The van der Waals surface area contributed by atoms with Crippen LogP contribution in [0.3, 0.4) is 0 Å². The van der Waals surface area contributed by atoms with Crippen LogP contribution in [0.25, 0.3) is 11.5 Å². The van der Waals surface area contributed by atoms with Gasteiger partial charge >= 0.3 is 5.97 Å². The van der Waals surface area contributed by atoms with E-state index < -0.39 is 16.0 Å². The van der Waals surface area contributed by atoms with E-state index in [4.69, 9.17) is 23.4 Å². The molecule has 0 spiro atoms. The van der Waals surface area contributed by atoms with Crippen LogP contribution in [0.1, 0.15) is 18.1 Å². The number of sulfonamides is 1. The summed E-state index contributed by atoms with van der Waals surface area (Å²) in [4.78, 5) is 16.0. The Hall–Kier alpha value is -3.65. The van der Waals surface area contributed by atoms with Crippen LogP contribution in [0.2, 0.25) is 0 Å². The van der Waals surface area contributed by atoms with Crippen molar-refractivity contribution in [3.8, 4) is 28.7 Å². The third-order valence-corrected chi connectivity index (χ3v) is 6.05. The molecule has 0 aliphatic rings. The summed E-state index contributed by atoms with van der Waals surface area (Å²) in [5.41, 5.74) is 0.513. The molecular formula is C20H25N5O8S. The van der Waals surface area contributed by atoms with Gasteiger partial charge in [-0.05, 0) is 19.1 Å². The second-order valence-corrected chi connectivity index (χ2v) is 8.67. The average Bonchev–Trinajstić information content (AvgIpc) is 3.43. The lowest BCUT2D eigenvalue weighted by Gasteiger charge is -2.12. The second kappa shape index (κ2) is 10.5. The normalized spacial score (nSPS) is 11.3. The van der Waals surface area contributed by atoms with Crippen molar-refractivity contribution in [3.05, 3.63) is 30.0 Å². The Labute approximate surface area is 196 Å². The fourth-order valence-corrected chi connectivity index (χ4v) is 3.93. The third kappa shape index (κ3) is 5.63. The van der Waals surface area contributed by atoms with Crippen molar-refractivity contribution in [2.45, 2.75) is 25.0 Å². The van der Waals surface area contributed by atoms with Crippen LogP contribution in [0, 0.1) is 6.92 Å². The van der Waals surface area contributed by atoms with Crippen molar-refractivity contribution in [2.24, 2.45) is 7.05 Å². The predicted octanol–water partition coefficient (Wildman–Crippen LogP) is 1.22. The molecule has 2 heterocycles. The van der Waals surface area contributed by atoms with Crippen LogP contribution < -0.4 is 18.9 Å². The minimum absolute atomic E-state index is 0.0571. The zero-order chi connectivity index (χ0) is 24.9. The molecular weight excluding hydrogens is 470 g/mol. The van der Waals surface area contributed by atoms with Gasteiger partial charge in [0.1, 0.15) is 5.82 Å². The Kier molecular flexibility index (Phi) is 7.73. The number of methoxy groups -OCH3 is 3. The first kappa shape index (κ1) is 25.0. The van der Waals surface area contributed by atoms with Crippen LogP contribution in [0.5, 0.6) is 17.2 Å². The van der Waals surface area contributed by atoms with E-state index in [1.807, 2.05) is 0 Å². The molecule has 34 heavy (non-hydrogen) atoms. The molecule has 0 unspecified atom stereocenters. The van der Waals surface area contributed by atoms with Crippen LogP contribution in [-0.4, -0.2) is 62.0 Å². The van der Waals surface area contributed by atoms with Crippen molar-refractivity contribution >= 4 is 16.0 Å². The maximum atomic E-state index is 12.2. The number of esters is 1. The Morgan fingerprint density at radius 2 is 1.79 bits per heavy atom. The van der Waals surface area contributed by atoms with E-state index in [1.165, 1.54) is 27.5 Å². The minimum Gasteiger partial charge on any atom is -0.493 e. The standard InChI is InChI=1S/C20H25N5O8S/c1-12-22-17(10-25(12)2)34(27,28)21-7-6-18(26)32-11-16-23-24-20(33-16)13-8-14(29-3)19(31-5)15(9-13)30-4/h8-10,21H,6-7,11H2,1-5H3. The van der Waals surface area contributed by atoms with Crippen molar-refractivity contribution in [1.29, 1.82) is 0 Å². The van der Waals surface area contributed by atoms with E-state index in [0.717, 1.165) is 0 Å². The number of nitrogens with zero attached hydrogens (tertiary/aromatic N) is 4. The number of aromatic nitrogens is 4. The number of nitrogens with one attached hydrogen (secondary N) is 1. The highest BCUT2D eigenvalue weighted by Crippen LogP contribution is 2.40. The molecule has 184 valence electrons. The van der Waals surface area contributed by atoms with Crippen LogP contribution >= 0.6 is 0 Å². The van der Waals surface area contributed by atoms with Crippen LogP contribution in [0.15, 0.2) is 27.8 Å². The minimum atomic E-state index is -3.83. The number of aryl methyl sites for hydroxylation is 2. The first-order chi connectivity index (χ1) is 16.2. The summed E-state index contributed by atoms with van der Waals surface area (Å²) < 4.78 is 54.9. The van der Waals surface area contributed by atoms with Gasteiger partial charge in [-0.15, -0.1) is 10.2 Å². The fourth-order valence-electron chi connectivity index (χ4n) is 2.86. The van der Waals surface area contributed by atoms with E-state index >= 15 is 0 Å². The van der Waals surface area contributed by atoms with Gasteiger partial charge in [0, 0.05) is 25.4 Å². The maximum absolute atomic E-state index is 12.2. The number of ether oxygens (including phenoxy) is 4. The van der Waals surface area contributed by atoms with Crippen LogP contribution in [-0.2, 0) is 33.2 Å². The van der Waals surface area contributed by atoms with Gasteiger partial charge in [-0.1, -0.05) is 0 Å². The summed E-state index contributed by atoms with van der Waals surface area (Å²) in [5, 5.41) is 7.69. The van der Waals surface area contributed by atoms with E-state index in [2.05, 4.69) is 19.9 Å². The van der Waals surface area contributed by atoms with Crippen molar-refractivity contribution in [3.63, 3.8) is 0 Å². The van der Waals surface area contributed by atoms with Crippen molar-refractivity contribution in [1.82, 2.24) is 24.5 Å². The lowest BCUT2D eigenvalue weighted by atomic mass is 10.2. The van der Waals surface area contributed by atoms with Gasteiger partial charge in [-0.3, -0.25) is 4.79 Å². The van der Waals surface area contributed by atoms with Gasteiger partial charge in [-0.25, -0.2) is 18.1 Å². The quantitative estimate of drug-likeness (QED) is 0.381. The molecule has 0 bridgehead atoms. The smallest absolute Gasteiger partial charge is 0.307 e. The number of hydrogen-bond acceptors (Lipinski definition) is 11. The highest BCUT2D eigenvalue weighted by molar-refractivity contribution is 7.89. The van der Waals surface area contributed by atoms with Crippen LogP contribution in [0.4, 0.5) is 0 Å². The SMILES string of the molecule is COc1cc(-c2nnc(COC(=O)CCNS(=O)(=O)c3cn(C)c(C)n3)o2)cc(OC)c1OC. The zero-order valence-corrected chi connectivity index (χ0v) is 20.1. The lowest BCUT2D eigenvalue weighted by Crippen LogP contribution is -2.27. The summed E-state index contributed by atoms with van der Waals surface area (Å²) >= 11 is 0. The maximum Gasteiger partial charge on any atom is 0.307 e. The highest BCUT2D eigenvalue weighted by Gasteiger charge is 2.20. The summed E-state index contributed by atoms with van der Waals surface area (Å²) in [5.74, 6) is 1.34. The summed E-state index contributed by atoms with van der Waals surface area (Å²) in [7, 11) is 2.31. The predicted molar refractivity (Wildman–Crippen MR) is 117 cm³/mol. The lowest BCUT2D eigenvalue weighted by molar-refractivity contribution is -0.145. The average molecular weight is 496 g/mol. The topological polar surface area (TPSA) is 157 Å². The number of rotatable bonds is 11. The van der Waals surface area contributed by atoms with Gasteiger partial charge in [0.05, 0.1) is 27.8 Å². The monoisotopic (exact) mass is 495 g/mol. The number of carbonyl (C=O) groups is 1. The zero-order valence-electron chi connectivity index (χ0n) is 19.3. The number of hydrogen-bond donors (Lipinski definition) is 1. The summed E-state index contributed by atoms with van der Waals surface area (Å²) in [6.45, 7) is 1.25. The Morgan fingerprint density at radius 1 is 1.12 bits per heavy atom. The molecule has 3 rings (SSSR count). The van der Waals surface area contributed by atoms with Gasteiger partial charge in [-0.2, -0.15) is 0 Å². The van der Waals surface area contributed by atoms with Gasteiger partial charge in [0.25, 0.3) is 15.9 Å². The number of imidazole rings is 1. The van der Waals surface area contributed by atoms with Crippen molar-refractivity contribution in [2.75, 3.05) is 27.9 Å². The molecule has 2 aromatic heterocycles. The van der Waals surface area contributed by atoms with E-state index in [9.17, 15) is 13.2 Å². The molecule has 1 aromatic carbocycles. The fraction of sp³-hybridized carbons (Fsp3) is 0.400. The molecule has 3 aromatic rings. The Morgan fingerprint density at radius 3 is 2.35 bits per heavy atom. The van der Waals surface area contributed by atoms with E-state index in [1.54, 1.807) is 30.7 Å². The summed E-state index contributed by atoms with van der Waals surface area (Å²) in [6, 6.07) is 3.28. The van der Waals surface area contributed by atoms with E-state index in [0.29, 0.717) is 28.6 Å². The van der Waals surface area contributed by atoms with Gasteiger partial charge in [0.2, 0.25) is 11.6 Å².